The van der Waals surface area contributed by atoms with Crippen LogP contribution in [0.5, 0.6) is 0 Å². The lowest BCUT2D eigenvalue weighted by Gasteiger charge is -2.48. The van der Waals surface area contributed by atoms with E-state index >= 15 is 0 Å². The van der Waals surface area contributed by atoms with E-state index in [-0.39, 0.29) is 44.6 Å². The van der Waals surface area contributed by atoms with Crippen molar-refractivity contribution in [2.75, 3.05) is 14.7 Å². The van der Waals surface area contributed by atoms with Crippen LogP contribution in [0.3, 0.4) is 0 Å². The highest BCUT2D eigenvalue weighted by Crippen LogP contribution is 2.58. The summed E-state index contributed by atoms with van der Waals surface area (Å²) < 4.78 is 8.01. The topological polar surface area (TPSA) is 22.9 Å². The zero-order valence-electron chi connectivity index (χ0n) is 50.0. The largest absolute Gasteiger partial charge is 0.472 e. The molecule has 5 heteroatoms. The van der Waals surface area contributed by atoms with E-state index in [9.17, 15) is 0 Å². The number of furan rings is 1. The van der Waals surface area contributed by atoms with Gasteiger partial charge in [0.25, 0.3) is 6.71 Å². The number of hydrogen-bond donors (Lipinski definition) is 0. The van der Waals surface area contributed by atoms with Crippen LogP contribution in [0.4, 0.5) is 51.2 Å². The molecular weight excluding hydrogens is 958 g/mol. The van der Waals surface area contributed by atoms with Gasteiger partial charge in [0.15, 0.2) is 0 Å². The summed E-state index contributed by atoms with van der Waals surface area (Å²) in [6, 6.07) is 58.5. The Bertz CT molecular complexity index is 3700. The molecule has 0 N–H and O–H groups in total. The number of benzene rings is 7. The average Bonchev–Trinajstić information content (AvgIpc) is 2.55. The van der Waals surface area contributed by atoms with Gasteiger partial charge in [-0.05, 0) is 182 Å². The quantitative estimate of drug-likeness (QED) is 0.155. The molecule has 0 saturated heterocycles. The molecule has 5 aliphatic rings. The zero-order chi connectivity index (χ0) is 55.6. The van der Waals surface area contributed by atoms with Crippen LogP contribution in [-0.4, -0.2) is 6.71 Å². The molecule has 0 spiro atoms. The van der Waals surface area contributed by atoms with Gasteiger partial charge in [-0.25, -0.2) is 0 Å². The first-order chi connectivity index (χ1) is 37.3. The summed E-state index contributed by atoms with van der Waals surface area (Å²) in [5, 5.41) is 0. The summed E-state index contributed by atoms with van der Waals surface area (Å²) in [4.78, 5) is 7.90. The van der Waals surface area contributed by atoms with Gasteiger partial charge in [-0.2, -0.15) is 0 Å². The molecule has 79 heavy (non-hydrogen) atoms. The fraction of sp³-hybridized carbons (Fsp3) is 0.378. The van der Waals surface area contributed by atoms with Crippen molar-refractivity contribution in [2.45, 2.75) is 180 Å². The molecule has 4 nitrogen and oxygen atoms in total. The first kappa shape index (κ1) is 51.7. The molecule has 0 amide bonds. The minimum Gasteiger partial charge on any atom is -0.472 e. The SMILES string of the molecule is CC(C)(C)c1ccc(N2c3cc(N(c4ccccc4)c4ccccc4)cc4c3B(c3cc5c(cc3N4c3ccc4c(c3)C(C)(C)CCC4(C)C)C(C)(C)CCC5(C)C)c3oc4c(c32)C(C)(C)CCC4(C)C)c(-c2ccccc2)c1. The highest BCUT2D eigenvalue weighted by Gasteiger charge is 2.54. The molecule has 402 valence electrons. The lowest BCUT2D eigenvalue weighted by Crippen LogP contribution is -2.61. The summed E-state index contributed by atoms with van der Waals surface area (Å²) in [6.07, 6.45) is 6.70. The van der Waals surface area contributed by atoms with E-state index in [4.69, 9.17) is 4.42 Å². The van der Waals surface area contributed by atoms with Crippen LogP contribution in [0.1, 0.15) is 182 Å². The summed E-state index contributed by atoms with van der Waals surface area (Å²) in [7, 11) is 0. The van der Waals surface area contributed by atoms with Gasteiger partial charge >= 0.3 is 0 Å². The van der Waals surface area contributed by atoms with Gasteiger partial charge in [0.1, 0.15) is 5.76 Å². The number of hydrogen-bond acceptors (Lipinski definition) is 4. The van der Waals surface area contributed by atoms with Crippen molar-refractivity contribution in [3.8, 4) is 11.1 Å². The lowest BCUT2D eigenvalue weighted by molar-refractivity contribution is 0.282. The maximum Gasteiger partial charge on any atom is 0.297 e. The van der Waals surface area contributed by atoms with Crippen molar-refractivity contribution in [1.82, 2.24) is 0 Å². The van der Waals surface area contributed by atoms with Crippen LogP contribution in [0, 0.1) is 0 Å². The number of para-hydroxylation sites is 2. The summed E-state index contributed by atoms with van der Waals surface area (Å²) >= 11 is 0. The summed E-state index contributed by atoms with van der Waals surface area (Å²) in [5.41, 5.74) is 24.8. The Balaban J connectivity index is 1.23. The van der Waals surface area contributed by atoms with E-state index in [2.05, 4.69) is 270 Å². The molecule has 0 unspecified atom stereocenters. The first-order valence-corrected chi connectivity index (χ1v) is 29.7. The molecule has 3 aliphatic carbocycles. The van der Waals surface area contributed by atoms with Crippen molar-refractivity contribution in [2.24, 2.45) is 0 Å². The zero-order valence-corrected chi connectivity index (χ0v) is 50.0. The standard InChI is InChI=1S/C74H82BN3O/c1-68(2,3)48-31-34-59(53(41-48)47-25-19-16-20-26-47)78-62-44-52(76(49-27-21-17-22-28-49)50-29-23-18-24-30-50)43-61-64(62)75(67-65(78)63-66(79-67)74(14,15)40-39-73(63,12)13)58-45-56-57(72(10,11)38-37-71(56,8)9)46-60(58)77(61)51-32-33-54-55(42-51)70(6,7)36-35-69(54,4)5/h16-34,41-46H,35-40H2,1-15H3. The minimum atomic E-state index is -0.191. The molecular formula is C74H82BN3O. The normalized spacial score (nSPS) is 19.3. The monoisotopic (exact) mass is 1040 g/mol. The Morgan fingerprint density at radius 2 is 0.949 bits per heavy atom. The lowest BCUT2D eigenvalue weighted by atomic mass is 9.35. The minimum absolute atomic E-state index is 0.00812. The van der Waals surface area contributed by atoms with Gasteiger partial charge in [0, 0.05) is 50.7 Å². The fourth-order valence-corrected chi connectivity index (χ4v) is 14.8. The third kappa shape index (κ3) is 8.04. The van der Waals surface area contributed by atoms with E-state index in [0.29, 0.717) is 0 Å². The molecule has 0 saturated carbocycles. The molecule has 0 fully saturated rings. The van der Waals surface area contributed by atoms with E-state index in [1.54, 1.807) is 0 Å². The van der Waals surface area contributed by atoms with Crippen molar-refractivity contribution >= 4 is 74.5 Å². The van der Waals surface area contributed by atoms with E-state index in [0.717, 1.165) is 66.3 Å². The number of fused-ring (bicyclic) bond motifs is 8. The van der Waals surface area contributed by atoms with E-state index in [1.807, 2.05) is 0 Å². The molecule has 0 bridgehead atoms. The third-order valence-electron chi connectivity index (χ3n) is 20.1. The third-order valence-corrected chi connectivity index (χ3v) is 20.1. The van der Waals surface area contributed by atoms with Crippen LogP contribution in [0.2, 0.25) is 0 Å². The molecule has 7 aromatic carbocycles. The van der Waals surface area contributed by atoms with Gasteiger partial charge in [-0.15, -0.1) is 0 Å². The van der Waals surface area contributed by atoms with Crippen LogP contribution in [-0.2, 0) is 37.9 Å². The van der Waals surface area contributed by atoms with Gasteiger partial charge < -0.3 is 19.1 Å². The van der Waals surface area contributed by atoms with E-state index < -0.39 is 0 Å². The van der Waals surface area contributed by atoms with Gasteiger partial charge in [0.05, 0.1) is 22.7 Å². The maximum atomic E-state index is 8.01. The first-order valence-electron chi connectivity index (χ1n) is 29.7. The summed E-state index contributed by atoms with van der Waals surface area (Å²) in [6.45, 7) is 36.5. The van der Waals surface area contributed by atoms with Gasteiger partial charge in [-0.3, -0.25) is 0 Å². The van der Waals surface area contributed by atoms with Crippen LogP contribution >= 0.6 is 0 Å². The number of rotatable bonds is 6. The second-order valence-corrected chi connectivity index (χ2v) is 29.4. The van der Waals surface area contributed by atoms with Crippen molar-refractivity contribution in [1.29, 1.82) is 0 Å². The molecule has 0 atom stereocenters. The van der Waals surface area contributed by atoms with Crippen molar-refractivity contribution in [3.63, 3.8) is 0 Å². The molecule has 13 rings (SSSR count). The van der Waals surface area contributed by atoms with Gasteiger partial charge in [0.2, 0.25) is 0 Å². The van der Waals surface area contributed by atoms with Crippen LogP contribution < -0.4 is 31.3 Å². The molecule has 2 aliphatic heterocycles. The maximum absolute atomic E-state index is 8.01. The van der Waals surface area contributed by atoms with Gasteiger partial charge in [-0.1, -0.05) is 189 Å². The predicted molar refractivity (Wildman–Crippen MR) is 337 cm³/mol. The Kier molecular flexibility index (Phi) is 11.4. The summed E-state index contributed by atoms with van der Waals surface area (Å²) in [5.74, 6) is 1.14. The second-order valence-electron chi connectivity index (χ2n) is 29.4. The molecule has 8 aromatic rings. The van der Waals surface area contributed by atoms with Crippen molar-refractivity contribution in [3.05, 3.63) is 191 Å². The smallest absolute Gasteiger partial charge is 0.297 e. The van der Waals surface area contributed by atoms with E-state index in [1.165, 1.54) is 90.3 Å². The second kappa shape index (κ2) is 17.4. The molecule has 0 radical (unpaired) electrons. The highest BCUT2D eigenvalue weighted by molar-refractivity contribution is 6.99. The van der Waals surface area contributed by atoms with Crippen LogP contribution in [0.25, 0.3) is 11.1 Å². The Hall–Kier alpha value is -6.72. The number of nitrogens with zero attached hydrogens (tertiary/aromatic N) is 3. The van der Waals surface area contributed by atoms with Crippen LogP contribution in [0.15, 0.2) is 156 Å². The Labute approximate surface area is 473 Å². The average molecular weight is 1040 g/mol. The van der Waals surface area contributed by atoms with Crippen molar-refractivity contribution < 1.29 is 4.42 Å². The predicted octanol–water partition coefficient (Wildman–Crippen LogP) is 18.8. The fourth-order valence-electron chi connectivity index (χ4n) is 14.8. The molecule has 1 aromatic heterocycles. The Morgan fingerprint density at radius 3 is 1.53 bits per heavy atom. The number of anilines is 9. The molecule has 3 heterocycles. The Morgan fingerprint density at radius 1 is 0.443 bits per heavy atom. The highest BCUT2D eigenvalue weighted by atomic mass is 16.3.